The summed E-state index contributed by atoms with van der Waals surface area (Å²) in [6, 6.07) is 0. The molecule has 0 N–H and O–H groups in total. The van der Waals surface area contributed by atoms with Crippen molar-refractivity contribution < 1.29 is 4.74 Å². The van der Waals surface area contributed by atoms with Crippen molar-refractivity contribution in [2.24, 2.45) is 0 Å². The van der Waals surface area contributed by atoms with E-state index in [2.05, 4.69) is 13.2 Å². The van der Waals surface area contributed by atoms with Crippen LogP contribution in [0.2, 0.25) is 0 Å². The zero-order chi connectivity index (χ0) is 9.11. The first kappa shape index (κ1) is 12.8. The standard InChI is InChI=1S/C6H8.C4H10O/c1-3-5-6-4-2;1-4(2)5-3/h3-6H,1-2H2;4H,1-3H3/b6-5-;. The van der Waals surface area contributed by atoms with E-state index in [4.69, 9.17) is 4.74 Å². The highest BCUT2D eigenvalue weighted by atomic mass is 16.5. The third-order valence-electron chi connectivity index (χ3n) is 0.855. The Kier molecular flexibility index (Phi) is 13.9. The van der Waals surface area contributed by atoms with Gasteiger partial charge in [0, 0.05) is 7.11 Å². The third-order valence-corrected chi connectivity index (χ3v) is 0.855. The number of hydrogen-bond acceptors (Lipinski definition) is 1. The van der Waals surface area contributed by atoms with Crippen molar-refractivity contribution in [1.29, 1.82) is 0 Å². The number of ether oxygens (including phenoxy) is 1. The predicted molar refractivity (Wildman–Crippen MR) is 51.7 cm³/mol. The number of allylic oxidation sites excluding steroid dienone is 4. The van der Waals surface area contributed by atoms with Crippen LogP contribution in [0.5, 0.6) is 0 Å². The SMILES string of the molecule is C=C/C=C\C=C.COC(C)C. The zero-order valence-electron chi connectivity index (χ0n) is 7.71. The summed E-state index contributed by atoms with van der Waals surface area (Å²) in [5.41, 5.74) is 0. The second kappa shape index (κ2) is 11.9. The smallest absolute Gasteiger partial charge is 0.0515 e. The first-order chi connectivity index (χ1) is 5.18. The topological polar surface area (TPSA) is 9.23 Å². The van der Waals surface area contributed by atoms with Gasteiger partial charge in [0.05, 0.1) is 6.10 Å². The first-order valence-electron chi connectivity index (χ1n) is 3.62. The summed E-state index contributed by atoms with van der Waals surface area (Å²) < 4.78 is 4.75. The second-order valence-corrected chi connectivity index (χ2v) is 2.14. The maximum absolute atomic E-state index is 4.75. The Bertz CT molecular complexity index is 102. The van der Waals surface area contributed by atoms with Crippen LogP contribution < -0.4 is 0 Å². The van der Waals surface area contributed by atoms with Crippen molar-refractivity contribution in [1.82, 2.24) is 0 Å². The Morgan fingerprint density at radius 2 is 1.36 bits per heavy atom. The normalized spacial score (nSPS) is 9.09. The van der Waals surface area contributed by atoms with Gasteiger partial charge >= 0.3 is 0 Å². The Labute approximate surface area is 70.1 Å². The monoisotopic (exact) mass is 154 g/mol. The molecule has 0 atom stereocenters. The van der Waals surface area contributed by atoms with Crippen LogP contribution in [0.15, 0.2) is 37.5 Å². The molecule has 0 rings (SSSR count). The van der Waals surface area contributed by atoms with Crippen LogP contribution in [0.1, 0.15) is 13.8 Å². The lowest BCUT2D eigenvalue weighted by Crippen LogP contribution is -1.94. The van der Waals surface area contributed by atoms with Gasteiger partial charge in [-0.05, 0) is 13.8 Å². The molecule has 0 aromatic rings. The van der Waals surface area contributed by atoms with Gasteiger partial charge in [-0.1, -0.05) is 37.5 Å². The highest BCUT2D eigenvalue weighted by molar-refractivity contribution is 5.05. The Morgan fingerprint density at radius 1 is 1.09 bits per heavy atom. The molecule has 0 aliphatic carbocycles. The van der Waals surface area contributed by atoms with Crippen LogP contribution in [-0.4, -0.2) is 13.2 Å². The van der Waals surface area contributed by atoms with Crippen molar-refractivity contribution in [3.05, 3.63) is 37.5 Å². The molecule has 1 heteroatoms. The van der Waals surface area contributed by atoms with Gasteiger partial charge in [-0.15, -0.1) is 0 Å². The molecule has 1 nitrogen and oxygen atoms in total. The summed E-state index contributed by atoms with van der Waals surface area (Å²) in [4.78, 5) is 0. The van der Waals surface area contributed by atoms with Gasteiger partial charge in [-0.3, -0.25) is 0 Å². The molecule has 0 aromatic carbocycles. The predicted octanol–water partition coefficient (Wildman–Crippen LogP) is 2.96. The van der Waals surface area contributed by atoms with Gasteiger partial charge < -0.3 is 4.74 Å². The van der Waals surface area contributed by atoms with E-state index in [1.165, 1.54) is 0 Å². The number of methoxy groups -OCH3 is 1. The summed E-state index contributed by atoms with van der Waals surface area (Å²) in [6.07, 6.45) is 7.46. The van der Waals surface area contributed by atoms with Gasteiger partial charge in [-0.2, -0.15) is 0 Å². The second-order valence-electron chi connectivity index (χ2n) is 2.14. The lowest BCUT2D eigenvalue weighted by Gasteiger charge is -1.94. The van der Waals surface area contributed by atoms with Crippen molar-refractivity contribution >= 4 is 0 Å². The molecule has 0 spiro atoms. The highest BCUT2D eigenvalue weighted by Gasteiger charge is 1.78. The van der Waals surface area contributed by atoms with Crippen LogP contribution in [-0.2, 0) is 4.74 Å². The summed E-state index contributed by atoms with van der Waals surface area (Å²) in [5, 5.41) is 0. The van der Waals surface area contributed by atoms with Gasteiger partial charge in [0.2, 0.25) is 0 Å². The molecular formula is C10H18O. The maximum atomic E-state index is 4.75. The van der Waals surface area contributed by atoms with E-state index in [0.717, 1.165) is 0 Å². The van der Waals surface area contributed by atoms with E-state index in [9.17, 15) is 0 Å². The molecule has 0 radical (unpaired) electrons. The molecule has 0 amide bonds. The number of rotatable bonds is 3. The molecule has 0 bridgehead atoms. The molecule has 0 fully saturated rings. The fourth-order valence-corrected chi connectivity index (χ4v) is 0.157. The van der Waals surface area contributed by atoms with Crippen LogP contribution in [0.25, 0.3) is 0 Å². The van der Waals surface area contributed by atoms with E-state index >= 15 is 0 Å². The van der Waals surface area contributed by atoms with E-state index in [1.54, 1.807) is 19.3 Å². The quantitative estimate of drug-likeness (QED) is 0.568. The van der Waals surface area contributed by atoms with E-state index in [-0.39, 0.29) is 0 Å². The van der Waals surface area contributed by atoms with Crippen molar-refractivity contribution in [3.8, 4) is 0 Å². The average molecular weight is 154 g/mol. The fourth-order valence-electron chi connectivity index (χ4n) is 0.157. The molecule has 0 saturated carbocycles. The van der Waals surface area contributed by atoms with Gasteiger partial charge in [0.15, 0.2) is 0 Å². The minimum Gasteiger partial charge on any atom is -0.382 e. The molecule has 0 aliphatic rings. The third kappa shape index (κ3) is 27.1. The minimum absolute atomic E-state index is 0.384. The highest BCUT2D eigenvalue weighted by Crippen LogP contribution is 1.77. The molecule has 0 saturated heterocycles. The molecule has 0 heterocycles. The molecular weight excluding hydrogens is 136 g/mol. The van der Waals surface area contributed by atoms with Crippen LogP contribution in [0, 0.1) is 0 Å². The Balaban J connectivity index is 0. The van der Waals surface area contributed by atoms with Crippen molar-refractivity contribution in [2.75, 3.05) is 7.11 Å². The Hall–Kier alpha value is -0.820. The van der Waals surface area contributed by atoms with Crippen LogP contribution in [0.4, 0.5) is 0 Å². The first-order valence-corrected chi connectivity index (χ1v) is 3.62. The van der Waals surface area contributed by atoms with Crippen LogP contribution >= 0.6 is 0 Å². The van der Waals surface area contributed by atoms with Gasteiger partial charge in [0.1, 0.15) is 0 Å². The van der Waals surface area contributed by atoms with E-state index in [1.807, 2.05) is 26.0 Å². The number of hydrogen-bond donors (Lipinski definition) is 0. The molecule has 0 unspecified atom stereocenters. The average Bonchev–Trinajstić information content (AvgIpc) is 2.02. The molecule has 11 heavy (non-hydrogen) atoms. The Morgan fingerprint density at radius 3 is 1.45 bits per heavy atom. The van der Waals surface area contributed by atoms with E-state index < -0.39 is 0 Å². The maximum Gasteiger partial charge on any atom is 0.0515 e. The summed E-state index contributed by atoms with van der Waals surface area (Å²) >= 11 is 0. The van der Waals surface area contributed by atoms with Gasteiger partial charge in [0.25, 0.3) is 0 Å². The fraction of sp³-hybridized carbons (Fsp3) is 0.400. The lowest BCUT2D eigenvalue weighted by atomic mass is 10.5. The zero-order valence-corrected chi connectivity index (χ0v) is 7.71. The summed E-state index contributed by atoms with van der Waals surface area (Å²) in [5.74, 6) is 0. The summed E-state index contributed by atoms with van der Waals surface area (Å²) in [7, 11) is 1.70. The van der Waals surface area contributed by atoms with Crippen molar-refractivity contribution in [2.45, 2.75) is 20.0 Å². The molecule has 64 valence electrons. The minimum atomic E-state index is 0.384. The molecule has 0 aliphatic heterocycles. The largest absolute Gasteiger partial charge is 0.382 e. The van der Waals surface area contributed by atoms with E-state index in [0.29, 0.717) is 6.10 Å². The molecule has 0 aromatic heterocycles. The lowest BCUT2D eigenvalue weighted by molar-refractivity contribution is 0.134. The summed E-state index contributed by atoms with van der Waals surface area (Å²) in [6.45, 7) is 10.9. The van der Waals surface area contributed by atoms with Gasteiger partial charge in [-0.25, -0.2) is 0 Å². The van der Waals surface area contributed by atoms with Crippen LogP contribution in [0.3, 0.4) is 0 Å². The van der Waals surface area contributed by atoms with Crippen molar-refractivity contribution in [3.63, 3.8) is 0 Å².